The number of carbonyl (C=O) groups excluding carboxylic acids is 1. The van der Waals surface area contributed by atoms with Gasteiger partial charge in [-0.2, -0.15) is 0 Å². The fourth-order valence-corrected chi connectivity index (χ4v) is 5.25. The molecule has 7 heteroatoms. The first-order valence-electron chi connectivity index (χ1n) is 13.4. The molecule has 0 saturated carbocycles. The summed E-state index contributed by atoms with van der Waals surface area (Å²) < 4.78 is 5.94. The molecule has 1 amide bonds. The first-order chi connectivity index (χ1) is 17.5. The molecule has 204 valence electrons. The highest BCUT2D eigenvalue weighted by Crippen LogP contribution is 2.29. The van der Waals surface area contributed by atoms with Crippen LogP contribution in [0.15, 0.2) is 53.6 Å². The van der Waals surface area contributed by atoms with Crippen molar-refractivity contribution in [2.45, 2.75) is 84.6 Å². The first kappa shape index (κ1) is 31.6. The van der Waals surface area contributed by atoms with E-state index in [1.54, 1.807) is 6.07 Å². The van der Waals surface area contributed by atoms with Crippen LogP contribution in [-0.4, -0.2) is 23.3 Å². The zero-order chi connectivity index (χ0) is 25.6. The Hall–Kier alpha value is -1.63. The molecular formula is C30H42BrClN2O2S. The van der Waals surface area contributed by atoms with Gasteiger partial charge in [0.25, 0.3) is 5.91 Å². The third kappa shape index (κ3) is 11.7. The molecule has 0 saturated heterocycles. The van der Waals surface area contributed by atoms with Crippen molar-refractivity contribution in [2.75, 3.05) is 17.8 Å². The van der Waals surface area contributed by atoms with Gasteiger partial charge in [0.2, 0.25) is 0 Å². The van der Waals surface area contributed by atoms with Crippen LogP contribution in [0.2, 0.25) is 5.02 Å². The Labute approximate surface area is 243 Å². The predicted molar refractivity (Wildman–Crippen MR) is 165 cm³/mol. The van der Waals surface area contributed by atoms with Crippen LogP contribution in [0.1, 0.15) is 94.0 Å². The second kappa shape index (κ2) is 17.8. The second-order valence-electron chi connectivity index (χ2n) is 9.59. The average Bonchev–Trinajstić information content (AvgIpc) is 3.28. The van der Waals surface area contributed by atoms with Crippen molar-refractivity contribution in [2.24, 2.45) is 0 Å². The molecule has 1 aliphatic heterocycles. The van der Waals surface area contributed by atoms with Gasteiger partial charge in [-0.25, -0.2) is 0 Å². The third-order valence-corrected chi connectivity index (χ3v) is 7.68. The number of unbranched alkanes of at least 4 members (excludes halogenated alkanes) is 9. The van der Waals surface area contributed by atoms with Crippen molar-refractivity contribution >= 4 is 51.9 Å². The van der Waals surface area contributed by atoms with Crippen LogP contribution in [0.3, 0.4) is 0 Å². The minimum Gasteiger partial charge on any atom is -0.492 e. The van der Waals surface area contributed by atoms with E-state index < -0.39 is 0 Å². The number of thioether (sulfide) groups is 1. The molecule has 0 radical (unpaired) electrons. The van der Waals surface area contributed by atoms with E-state index in [0.717, 1.165) is 24.4 Å². The van der Waals surface area contributed by atoms with Gasteiger partial charge in [-0.3, -0.25) is 4.79 Å². The van der Waals surface area contributed by atoms with Crippen LogP contribution in [0.25, 0.3) is 0 Å². The van der Waals surface area contributed by atoms with Gasteiger partial charge in [0.1, 0.15) is 5.75 Å². The second-order valence-corrected chi connectivity index (χ2v) is 11.2. The molecule has 2 aromatic carbocycles. The summed E-state index contributed by atoms with van der Waals surface area (Å²) in [7, 11) is 0. The van der Waals surface area contributed by atoms with Gasteiger partial charge in [-0.15, -0.1) is 28.7 Å². The number of rotatable bonds is 16. The van der Waals surface area contributed by atoms with Crippen molar-refractivity contribution in [3.8, 4) is 5.75 Å². The van der Waals surface area contributed by atoms with E-state index in [-0.39, 0.29) is 22.9 Å². The summed E-state index contributed by atoms with van der Waals surface area (Å²) in [6.07, 6.45) is 15.1. The van der Waals surface area contributed by atoms with E-state index >= 15 is 0 Å². The van der Waals surface area contributed by atoms with E-state index in [0.29, 0.717) is 28.6 Å². The molecule has 4 nitrogen and oxygen atoms in total. The Bertz CT molecular complexity index is 1000. The van der Waals surface area contributed by atoms with E-state index in [1.165, 1.54) is 62.7 Å². The van der Waals surface area contributed by atoms with Crippen molar-refractivity contribution in [1.29, 1.82) is 0 Å². The van der Waals surface area contributed by atoms with Gasteiger partial charge in [0, 0.05) is 30.1 Å². The maximum Gasteiger partial charge on any atom is 0.255 e. The van der Waals surface area contributed by atoms with Crippen LogP contribution in [0.5, 0.6) is 5.75 Å². The molecule has 0 aromatic heterocycles. The van der Waals surface area contributed by atoms with Crippen LogP contribution >= 0.6 is 40.3 Å². The van der Waals surface area contributed by atoms with E-state index in [1.807, 2.05) is 42.1 Å². The highest BCUT2D eigenvalue weighted by molar-refractivity contribution is 8.93. The Morgan fingerprint density at radius 1 is 1.00 bits per heavy atom. The number of hydrogen-bond donors (Lipinski definition) is 1. The molecule has 2 aromatic rings. The van der Waals surface area contributed by atoms with Crippen molar-refractivity contribution in [1.82, 2.24) is 4.90 Å². The topological polar surface area (TPSA) is 41.6 Å². The molecule has 0 unspecified atom stereocenters. The largest absolute Gasteiger partial charge is 0.492 e. The van der Waals surface area contributed by atoms with Crippen molar-refractivity contribution in [3.63, 3.8) is 0 Å². The molecule has 1 N–H and O–H groups in total. The number of halogens is 2. The number of ether oxygens (including phenoxy) is 1. The van der Waals surface area contributed by atoms with Gasteiger partial charge in [0.05, 0.1) is 17.5 Å². The molecule has 0 bridgehead atoms. The lowest BCUT2D eigenvalue weighted by molar-refractivity contribution is 0.102. The molecule has 37 heavy (non-hydrogen) atoms. The van der Waals surface area contributed by atoms with Crippen molar-refractivity contribution in [3.05, 3.63) is 69.7 Å². The lowest BCUT2D eigenvalue weighted by Gasteiger charge is -2.15. The highest BCUT2D eigenvalue weighted by atomic mass is 79.9. The molecule has 0 aliphatic carbocycles. The molecule has 0 atom stereocenters. The number of hydrogen-bond acceptors (Lipinski definition) is 4. The number of nitrogens with zero attached hydrogens (tertiary/aromatic N) is 1. The average molecular weight is 610 g/mol. The number of amides is 1. The number of carbonyl (C=O) groups is 1. The third-order valence-electron chi connectivity index (χ3n) is 6.34. The van der Waals surface area contributed by atoms with Gasteiger partial charge in [0.15, 0.2) is 0 Å². The number of nitrogens with one attached hydrogen (secondary N) is 1. The van der Waals surface area contributed by atoms with Crippen LogP contribution < -0.4 is 10.1 Å². The SMILES string of the molecule is Br.CCCCCCCCCCCCOc1cc(NC(=O)c2cccc(CN3C=C(C)SC3)c2)ccc1Cl. The molecule has 1 heterocycles. The summed E-state index contributed by atoms with van der Waals surface area (Å²) >= 11 is 8.18. The van der Waals surface area contributed by atoms with E-state index in [4.69, 9.17) is 16.3 Å². The maximum absolute atomic E-state index is 12.9. The first-order valence-corrected chi connectivity index (χ1v) is 14.8. The predicted octanol–water partition coefficient (Wildman–Crippen LogP) is 9.84. The quantitative estimate of drug-likeness (QED) is 0.192. The number of benzene rings is 2. The fourth-order valence-electron chi connectivity index (χ4n) is 4.32. The Morgan fingerprint density at radius 2 is 1.70 bits per heavy atom. The number of allylic oxidation sites excluding steroid dienone is 1. The maximum atomic E-state index is 12.9. The summed E-state index contributed by atoms with van der Waals surface area (Å²) in [6, 6.07) is 13.2. The normalized spacial score (nSPS) is 12.7. The number of anilines is 1. The summed E-state index contributed by atoms with van der Waals surface area (Å²) in [6.45, 7) is 5.81. The van der Waals surface area contributed by atoms with Crippen LogP contribution in [0, 0.1) is 0 Å². The minimum atomic E-state index is -0.137. The molecular weight excluding hydrogens is 568 g/mol. The lowest BCUT2D eigenvalue weighted by Crippen LogP contribution is -2.15. The zero-order valence-electron chi connectivity index (χ0n) is 22.3. The smallest absolute Gasteiger partial charge is 0.255 e. The van der Waals surface area contributed by atoms with Gasteiger partial charge in [-0.1, -0.05) is 88.4 Å². The van der Waals surface area contributed by atoms with E-state index in [9.17, 15) is 4.79 Å². The molecule has 3 rings (SSSR count). The van der Waals surface area contributed by atoms with Gasteiger partial charge in [-0.05, 0) is 48.1 Å². The van der Waals surface area contributed by atoms with Crippen molar-refractivity contribution < 1.29 is 9.53 Å². The minimum absolute atomic E-state index is 0. The lowest BCUT2D eigenvalue weighted by atomic mass is 10.1. The Morgan fingerprint density at radius 3 is 2.38 bits per heavy atom. The summed E-state index contributed by atoms with van der Waals surface area (Å²) in [5, 5.41) is 3.55. The van der Waals surface area contributed by atoms with Crippen LogP contribution in [0.4, 0.5) is 5.69 Å². The standard InChI is InChI=1S/C30H41ClN2O2S.BrH/c1-3-4-5-6-7-8-9-10-11-12-18-35-29-20-27(16-17-28(29)31)32-30(34)26-15-13-14-25(19-26)22-33-21-24(2)36-23-33;/h13-17,19-21H,3-12,18,22-23H2,1-2H3,(H,32,34);1H. The van der Waals surface area contributed by atoms with Gasteiger partial charge < -0.3 is 15.0 Å². The molecule has 0 spiro atoms. The summed E-state index contributed by atoms with van der Waals surface area (Å²) in [5.41, 5.74) is 2.44. The van der Waals surface area contributed by atoms with Gasteiger partial charge >= 0.3 is 0 Å². The molecule has 0 fully saturated rings. The molecule has 1 aliphatic rings. The zero-order valence-corrected chi connectivity index (χ0v) is 25.6. The van der Waals surface area contributed by atoms with Crippen LogP contribution in [-0.2, 0) is 6.54 Å². The Balaban J connectivity index is 0.00000481. The summed E-state index contributed by atoms with van der Waals surface area (Å²) in [5.74, 6) is 1.43. The Kier molecular flexibility index (Phi) is 15.2. The summed E-state index contributed by atoms with van der Waals surface area (Å²) in [4.78, 5) is 16.5. The van der Waals surface area contributed by atoms with E-state index in [2.05, 4.69) is 36.3 Å². The monoisotopic (exact) mass is 608 g/mol. The highest BCUT2D eigenvalue weighted by Gasteiger charge is 2.13. The fraction of sp³-hybridized carbons (Fsp3) is 0.500.